The number of para-hydroxylation sites is 2. The molecule has 0 aliphatic carbocycles. The van der Waals surface area contributed by atoms with Crippen molar-refractivity contribution in [1.82, 2.24) is 4.98 Å². The highest BCUT2D eigenvalue weighted by atomic mass is 32.2. The Labute approximate surface area is 119 Å². The third kappa shape index (κ3) is 2.55. The van der Waals surface area contributed by atoms with E-state index in [0.29, 0.717) is 16.4 Å². The molecule has 102 valence electrons. The van der Waals surface area contributed by atoms with Crippen LogP contribution in [-0.2, 0) is 0 Å². The van der Waals surface area contributed by atoms with Gasteiger partial charge in [0.1, 0.15) is 11.3 Å². The Kier molecular flexibility index (Phi) is 3.46. The monoisotopic (exact) mass is 289 g/mol. The first-order valence-corrected chi connectivity index (χ1v) is 6.96. The smallest absolute Gasteiger partial charge is 0.261 e. The van der Waals surface area contributed by atoms with Gasteiger partial charge < -0.3 is 9.52 Å². The van der Waals surface area contributed by atoms with E-state index in [9.17, 15) is 9.50 Å². The maximum absolute atomic E-state index is 13.3. The molecule has 1 N–H and O–H groups in total. The van der Waals surface area contributed by atoms with Gasteiger partial charge in [-0.05, 0) is 54.6 Å². The molecular formula is C15H12FNO2S. The van der Waals surface area contributed by atoms with Gasteiger partial charge in [-0.2, -0.15) is 0 Å². The lowest BCUT2D eigenvalue weighted by molar-refractivity contribution is 0.196. The molecule has 0 saturated heterocycles. The van der Waals surface area contributed by atoms with Crippen molar-refractivity contribution in [2.24, 2.45) is 0 Å². The highest BCUT2D eigenvalue weighted by molar-refractivity contribution is 7.99. The fraction of sp³-hybridized carbons (Fsp3) is 0.133. The van der Waals surface area contributed by atoms with Crippen LogP contribution in [0.2, 0.25) is 0 Å². The molecule has 0 radical (unpaired) electrons. The summed E-state index contributed by atoms with van der Waals surface area (Å²) >= 11 is 1.27. The van der Waals surface area contributed by atoms with E-state index in [1.165, 1.54) is 23.9 Å². The molecule has 0 bridgehead atoms. The third-order valence-corrected chi connectivity index (χ3v) is 3.83. The van der Waals surface area contributed by atoms with Gasteiger partial charge in [0.15, 0.2) is 5.58 Å². The van der Waals surface area contributed by atoms with Gasteiger partial charge in [0.05, 0.1) is 6.10 Å². The molecule has 3 aromatic rings. The van der Waals surface area contributed by atoms with Crippen molar-refractivity contribution in [3.05, 3.63) is 53.8 Å². The van der Waals surface area contributed by atoms with Gasteiger partial charge in [-0.15, -0.1) is 0 Å². The second-order valence-corrected chi connectivity index (χ2v) is 5.40. The van der Waals surface area contributed by atoms with E-state index in [1.54, 1.807) is 13.0 Å². The predicted octanol–water partition coefficient (Wildman–Crippen LogP) is 4.17. The van der Waals surface area contributed by atoms with Gasteiger partial charge in [0.2, 0.25) is 0 Å². The van der Waals surface area contributed by atoms with Gasteiger partial charge in [-0.25, -0.2) is 9.37 Å². The maximum Gasteiger partial charge on any atom is 0.261 e. The highest BCUT2D eigenvalue weighted by Crippen LogP contribution is 2.34. The van der Waals surface area contributed by atoms with Crippen molar-refractivity contribution < 1.29 is 13.9 Å². The van der Waals surface area contributed by atoms with Gasteiger partial charge in [0, 0.05) is 4.90 Å². The van der Waals surface area contributed by atoms with E-state index >= 15 is 0 Å². The molecule has 0 spiro atoms. The number of hydrogen-bond donors (Lipinski definition) is 1. The average Bonchev–Trinajstić information content (AvgIpc) is 2.82. The first kappa shape index (κ1) is 13.1. The molecule has 0 aliphatic heterocycles. The summed E-state index contributed by atoms with van der Waals surface area (Å²) in [6, 6.07) is 11.8. The minimum atomic E-state index is -0.752. The van der Waals surface area contributed by atoms with Crippen molar-refractivity contribution in [1.29, 1.82) is 0 Å². The molecule has 5 heteroatoms. The zero-order valence-corrected chi connectivity index (χ0v) is 11.5. The standard InChI is InChI=1S/C15H12FNO2S/c1-9(18)11-8-10(16)6-7-14(11)20-15-17-12-4-2-3-5-13(12)19-15/h2-9,18H,1H3. The normalized spacial score (nSPS) is 12.8. The van der Waals surface area contributed by atoms with Crippen molar-refractivity contribution in [3.63, 3.8) is 0 Å². The Morgan fingerprint density at radius 3 is 2.80 bits per heavy atom. The number of fused-ring (bicyclic) bond motifs is 1. The van der Waals surface area contributed by atoms with Crippen molar-refractivity contribution in [2.45, 2.75) is 23.1 Å². The Hall–Kier alpha value is -1.85. The van der Waals surface area contributed by atoms with Crippen LogP contribution in [0.5, 0.6) is 0 Å². The molecule has 20 heavy (non-hydrogen) atoms. The van der Waals surface area contributed by atoms with Crippen LogP contribution in [0.3, 0.4) is 0 Å². The highest BCUT2D eigenvalue weighted by Gasteiger charge is 2.14. The number of aromatic nitrogens is 1. The summed E-state index contributed by atoms with van der Waals surface area (Å²) in [5, 5.41) is 10.2. The van der Waals surface area contributed by atoms with E-state index in [4.69, 9.17) is 4.42 Å². The van der Waals surface area contributed by atoms with E-state index in [2.05, 4.69) is 4.98 Å². The summed E-state index contributed by atoms with van der Waals surface area (Å²) in [5.74, 6) is -0.372. The van der Waals surface area contributed by atoms with E-state index in [0.717, 1.165) is 10.4 Å². The average molecular weight is 289 g/mol. The van der Waals surface area contributed by atoms with Crippen LogP contribution in [0.15, 0.2) is 57.0 Å². The lowest BCUT2D eigenvalue weighted by Crippen LogP contribution is -1.95. The molecule has 0 amide bonds. The van der Waals surface area contributed by atoms with Crippen molar-refractivity contribution in [3.8, 4) is 0 Å². The quantitative estimate of drug-likeness (QED) is 0.786. The number of halogens is 1. The SMILES string of the molecule is CC(O)c1cc(F)ccc1Sc1nc2ccccc2o1. The number of aliphatic hydroxyl groups is 1. The summed E-state index contributed by atoms with van der Waals surface area (Å²) in [6.07, 6.45) is -0.752. The van der Waals surface area contributed by atoms with Crippen LogP contribution in [-0.4, -0.2) is 10.1 Å². The van der Waals surface area contributed by atoms with Gasteiger partial charge in [-0.3, -0.25) is 0 Å². The first-order valence-electron chi connectivity index (χ1n) is 6.14. The zero-order valence-electron chi connectivity index (χ0n) is 10.7. The summed E-state index contributed by atoms with van der Waals surface area (Å²) in [4.78, 5) is 5.08. The van der Waals surface area contributed by atoms with Crippen LogP contribution in [0.25, 0.3) is 11.1 Å². The fourth-order valence-corrected chi connectivity index (χ4v) is 2.87. The topological polar surface area (TPSA) is 46.3 Å². The minimum absolute atomic E-state index is 0.372. The molecular weight excluding hydrogens is 277 g/mol. The molecule has 0 aliphatic rings. The Balaban J connectivity index is 1.98. The molecule has 3 rings (SSSR count). The summed E-state index contributed by atoms with van der Waals surface area (Å²) in [7, 11) is 0. The molecule has 3 nitrogen and oxygen atoms in total. The van der Waals surface area contributed by atoms with E-state index in [1.807, 2.05) is 24.3 Å². The Bertz CT molecular complexity index is 721. The third-order valence-electron chi connectivity index (χ3n) is 2.89. The number of aliphatic hydroxyl groups excluding tert-OH is 1. The lowest BCUT2D eigenvalue weighted by atomic mass is 10.1. The van der Waals surface area contributed by atoms with Crippen LogP contribution in [0.4, 0.5) is 4.39 Å². The molecule has 1 atom stereocenters. The lowest BCUT2D eigenvalue weighted by Gasteiger charge is -2.09. The number of nitrogens with zero attached hydrogens (tertiary/aromatic N) is 1. The largest absolute Gasteiger partial charge is 0.431 e. The Morgan fingerprint density at radius 1 is 1.25 bits per heavy atom. The van der Waals surface area contributed by atoms with E-state index < -0.39 is 6.10 Å². The van der Waals surface area contributed by atoms with Crippen molar-refractivity contribution in [2.75, 3.05) is 0 Å². The number of hydrogen-bond acceptors (Lipinski definition) is 4. The van der Waals surface area contributed by atoms with Gasteiger partial charge in [-0.1, -0.05) is 12.1 Å². The van der Waals surface area contributed by atoms with Crippen LogP contribution in [0, 0.1) is 5.82 Å². The molecule has 0 saturated carbocycles. The van der Waals surface area contributed by atoms with Gasteiger partial charge >= 0.3 is 0 Å². The molecule has 1 heterocycles. The maximum atomic E-state index is 13.3. The van der Waals surface area contributed by atoms with Crippen molar-refractivity contribution >= 4 is 22.9 Å². The fourth-order valence-electron chi connectivity index (χ4n) is 1.93. The second kappa shape index (κ2) is 5.26. The van der Waals surface area contributed by atoms with E-state index in [-0.39, 0.29) is 5.82 Å². The van der Waals surface area contributed by atoms with Gasteiger partial charge in [0.25, 0.3) is 5.22 Å². The molecule has 1 unspecified atom stereocenters. The molecule has 0 fully saturated rings. The van der Waals surface area contributed by atoms with Crippen LogP contribution < -0.4 is 0 Å². The number of oxazole rings is 1. The number of benzene rings is 2. The summed E-state index contributed by atoms with van der Waals surface area (Å²) in [5.41, 5.74) is 2.00. The molecule has 2 aromatic carbocycles. The first-order chi connectivity index (χ1) is 9.63. The Morgan fingerprint density at radius 2 is 2.05 bits per heavy atom. The predicted molar refractivity (Wildman–Crippen MR) is 75.2 cm³/mol. The minimum Gasteiger partial charge on any atom is -0.431 e. The zero-order chi connectivity index (χ0) is 14.1. The van der Waals surface area contributed by atoms with Crippen LogP contribution in [0.1, 0.15) is 18.6 Å². The summed E-state index contributed by atoms with van der Waals surface area (Å²) < 4.78 is 18.9. The second-order valence-electron chi connectivity index (χ2n) is 4.41. The van der Waals surface area contributed by atoms with Crippen LogP contribution >= 0.6 is 11.8 Å². The number of rotatable bonds is 3. The molecule has 1 aromatic heterocycles. The summed E-state index contributed by atoms with van der Waals surface area (Å²) in [6.45, 7) is 1.60.